The molecule has 0 unspecified atom stereocenters. The molecule has 0 N–H and O–H groups in total. The van der Waals surface area contributed by atoms with Gasteiger partial charge < -0.3 is 4.74 Å². The minimum atomic E-state index is -1.18. The number of nitro groups is 3. The fraction of sp³-hybridized carbons (Fsp3) is 0. The minimum absolute atomic E-state index is 0.188. The molecule has 0 radical (unpaired) electrons. The van der Waals surface area contributed by atoms with Gasteiger partial charge in [0.1, 0.15) is 5.75 Å². The van der Waals surface area contributed by atoms with Crippen LogP contribution < -0.4 is 4.74 Å². The third-order valence-corrected chi connectivity index (χ3v) is 3.09. The summed E-state index contributed by atoms with van der Waals surface area (Å²) in [6, 6.07) is 5.13. The summed E-state index contributed by atoms with van der Waals surface area (Å²) >= 11 is 0. The zero-order chi connectivity index (χ0) is 19.4. The van der Waals surface area contributed by atoms with Gasteiger partial charge in [0.05, 0.1) is 32.0 Å². The average Bonchev–Trinajstić information content (AvgIpc) is 2.60. The van der Waals surface area contributed by atoms with Crippen molar-refractivity contribution in [1.29, 1.82) is 0 Å². The number of ether oxygens (including phenoxy) is 1. The van der Waals surface area contributed by atoms with E-state index >= 15 is 0 Å². The first-order valence-electron chi connectivity index (χ1n) is 6.62. The Morgan fingerprint density at radius 3 is 1.92 bits per heavy atom. The van der Waals surface area contributed by atoms with Crippen LogP contribution in [-0.2, 0) is 0 Å². The summed E-state index contributed by atoms with van der Waals surface area (Å²) in [4.78, 5) is 52.7. The highest BCUT2D eigenvalue weighted by Gasteiger charge is 2.22. The standard InChI is InChI=1S/C14H7N3O9/c18-7-9-5-12(1-2-13(9)17(24)25)26-14(19)8-3-10(15(20)21)6-11(4-8)16(22)23/h1-7H. The van der Waals surface area contributed by atoms with E-state index in [0.29, 0.717) is 6.07 Å². The van der Waals surface area contributed by atoms with Crippen molar-refractivity contribution in [1.82, 2.24) is 0 Å². The quantitative estimate of drug-likeness (QED) is 0.246. The average molecular weight is 361 g/mol. The van der Waals surface area contributed by atoms with Gasteiger partial charge in [0.15, 0.2) is 6.29 Å². The molecule has 0 bridgehead atoms. The predicted molar refractivity (Wildman–Crippen MR) is 83.2 cm³/mol. The Labute approximate surface area is 143 Å². The van der Waals surface area contributed by atoms with Crippen molar-refractivity contribution in [3.63, 3.8) is 0 Å². The molecule has 0 saturated carbocycles. The van der Waals surface area contributed by atoms with Gasteiger partial charge in [0, 0.05) is 18.2 Å². The van der Waals surface area contributed by atoms with Gasteiger partial charge in [0.2, 0.25) is 0 Å². The highest BCUT2D eigenvalue weighted by atomic mass is 16.6. The van der Waals surface area contributed by atoms with Gasteiger partial charge >= 0.3 is 5.97 Å². The normalized spacial score (nSPS) is 10.0. The number of aldehydes is 1. The zero-order valence-electron chi connectivity index (χ0n) is 12.6. The number of esters is 1. The fourth-order valence-electron chi connectivity index (χ4n) is 1.95. The molecule has 2 rings (SSSR count). The Morgan fingerprint density at radius 2 is 1.46 bits per heavy atom. The van der Waals surface area contributed by atoms with Gasteiger partial charge in [-0.25, -0.2) is 4.79 Å². The molecule has 0 fully saturated rings. The van der Waals surface area contributed by atoms with E-state index in [9.17, 15) is 39.9 Å². The second-order valence-electron chi connectivity index (χ2n) is 4.74. The van der Waals surface area contributed by atoms with Crippen LogP contribution in [0.2, 0.25) is 0 Å². The summed E-state index contributed by atoms with van der Waals surface area (Å²) in [6.07, 6.45) is 0.188. The van der Waals surface area contributed by atoms with Gasteiger partial charge in [-0.1, -0.05) is 0 Å². The van der Waals surface area contributed by atoms with E-state index in [0.717, 1.165) is 30.3 Å². The van der Waals surface area contributed by atoms with Crippen molar-refractivity contribution in [2.45, 2.75) is 0 Å². The van der Waals surface area contributed by atoms with E-state index in [1.165, 1.54) is 0 Å². The second-order valence-corrected chi connectivity index (χ2v) is 4.74. The first-order chi connectivity index (χ1) is 12.2. The van der Waals surface area contributed by atoms with E-state index in [-0.39, 0.29) is 17.6 Å². The first kappa shape index (κ1) is 18.1. The molecular weight excluding hydrogens is 354 g/mol. The van der Waals surface area contributed by atoms with Gasteiger partial charge in [-0.05, 0) is 12.1 Å². The summed E-state index contributed by atoms with van der Waals surface area (Å²) in [5, 5.41) is 32.4. The number of carbonyl (C=O) groups excluding carboxylic acids is 2. The van der Waals surface area contributed by atoms with Gasteiger partial charge in [-0.2, -0.15) is 0 Å². The maximum atomic E-state index is 12.1. The Kier molecular flexibility index (Phi) is 4.97. The van der Waals surface area contributed by atoms with Crippen LogP contribution in [0.5, 0.6) is 5.75 Å². The van der Waals surface area contributed by atoms with Crippen LogP contribution in [0.15, 0.2) is 36.4 Å². The number of non-ortho nitro benzene ring substituents is 2. The SMILES string of the molecule is O=Cc1cc(OC(=O)c2cc([N+](=O)[O-])cc([N+](=O)[O-])c2)ccc1[N+](=O)[O-]. The van der Waals surface area contributed by atoms with Crippen LogP contribution >= 0.6 is 0 Å². The van der Waals surface area contributed by atoms with E-state index in [4.69, 9.17) is 4.74 Å². The lowest BCUT2D eigenvalue weighted by Gasteiger charge is -2.05. The maximum absolute atomic E-state index is 12.1. The van der Waals surface area contributed by atoms with Crippen molar-refractivity contribution >= 4 is 29.3 Å². The Morgan fingerprint density at radius 1 is 0.885 bits per heavy atom. The van der Waals surface area contributed by atoms with E-state index < -0.39 is 43.4 Å². The molecule has 12 nitrogen and oxygen atoms in total. The van der Waals surface area contributed by atoms with Gasteiger partial charge in [0.25, 0.3) is 17.1 Å². The molecule has 12 heteroatoms. The number of nitro benzene ring substituents is 3. The van der Waals surface area contributed by atoms with E-state index in [1.54, 1.807) is 0 Å². The molecule has 26 heavy (non-hydrogen) atoms. The van der Waals surface area contributed by atoms with E-state index in [1.807, 2.05) is 0 Å². The zero-order valence-corrected chi connectivity index (χ0v) is 12.6. The van der Waals surface area contributed by atoms with Crippen LogP contribution in [0.3, 0.4) is 0 Å². The summed E-state index contributed by atoms with van der Waals surface area (Å²) in [7, 11) is 0. The van der Waals surface area contributed by atoms with Crippen LogP contribution in [-0.4, -0.2) is 27.0 Å². The highest BCUT2D eigenvalue weighted by Crippen LogP contribution is 2.26. The van der Waals surface area contributed by atoms with Crippen molar-refractivity contribution in [2.75, 3.05) is 0 Å². The lowest BCUT2D eigenvalue weighted by molar-refractivity contribution is -0.394. The lowest BCUT2D eigenvalue weighted by atomic mass is 10.1. The third kappa shape index (κ3) is 3.81. The minimum Gasteiger partial charge on any atom is -0.423 e. The third-order valence-electron chi connectivity index (χ3n) is 3.09. The van der Waals surface area contributed by atoms with Crippen molar-refractivity contribution in [3.05, 3.63) is 77.9 Å². The number of rotatable bonds is 6. The molecule has 0 saturated heterocycles. The molecule has 0 spiro atoms. The van der Waals surface area contributed by atoms with Crippen LogP contribution in [0.1, 0.15) is 20.7 Å². The first-order valence-corrected chi connectivity index (χ1v) is 6.62. The van der Waals surface area contributed by atoms with Crippen molar-refractivity contribution in [2.24, 2.45) is 0 Å². The Balaban J connectivity index is 2.38. The molecule has 0 aliphatic heterocycles. The van der Waals surface area contributed by atoms with E-state index in [2.05, 4.69) is 0 Å². The van der Waals surface area contributed by atoms with Gasteiger partial charge in [-0.15, -0.1) is 0 Å². The molecule has 0 aromatic heterocycles. The molecule has 0 aliphatic carbocycles. The summed E-state index contributed by atoms with van der Waals surface area (Å²) < 4.78 is 4.88. The Bertz CT molecular complexity index is 922. The summed E-state index contributed by atoms with van der Waals surface area (Å²) in [5.41, 5.74) is -2.72. The summed E-state index contributed by atoms with van der Waals surface area (Å²) in [6.45, 7) is 0. The highest BCUT2D eigenvalue weighted by molar-refractivity contribution is 5.93. The van der Waals surface area contributed by atoms with Crippen LogP contribution in [0.25, 0.3) is 0 Å². The molecule has 2 aromatic carbocycles. The topological polar surface area (TPSA) is 173 Å². The number of carbonyl (C=O) groups is 2. The number of hydrogen-bond donors (Lipinski definition) is 0. The summed E-state index contributed by atoms with van der Waals surface area (Å²) in [5.74, 6) is -1.43. The molecule has 0 atom stereocenters. The van der Waals surface area contributed by atoms with Crippen LogP contribution in [0.4, 0.5) is 17.1 Å². The molecule has 2 aromatic rings. The monoisotopic (exact) mass is 361 g/mol. The van der Waals surface area contributed by atoms with Crippen molar-refractivity contribution in [3.8, 4) is 5.75 Å². The fourth-order valence-corrected chi connectivity index (χ4v) is 1.95. The molecule has 0 aliphatic rings. The molecule has 132 valence electrons. The number of hydrogen-bond acceptors (Lipinski definition) is 9. The second kappa shape index (κ2) is 7.12. The molecule has 0 heterocycles. The van der Waals surface area contributed by atoms with Crippen molar-refractivity contribution < 1.29 is 29.1 Å². The Hall–Kier alpha value is -4.22. The number of benzene rings is 2. The maximum Gasteiger partial charge on any atom is 0.344 e. The largest absolute Gasteiger partial charge is 0.423 e. The molecular formula is C14H7N3O9. The molecule has 0 amide bonds. The lowest BCUT2D eigenvalue weighted by Crippen LogP contribution is -2.10. The predicted octanol–water partition coefficient (Wildman–Crippen LogP) is 2.44. The van der Waals surface area contributed by atoms with Crippen LogP contribution in [0, 0.1) is 30.3 Å². The van der Waals surface area contributed by atoms with Gasteiger partial charge in [-0.3, -0.25) is 35.1 Å². The number of nitrogens with zero attached hydrogens (tertiary/aromatic N) is 3. The smallest absolute Gasteiger partial charge is 0.344 e.